The van der Waals surface area contributed by atoms with E-state index in [2.05, 4.69) is 18.6 Å². The van der Waals surface area contributed by atoms with E-state index in [0.717, 1.165) is 4.43 Å². The monoisotopic (exact) mass is 423 g/mol. The first kappa shape index (κ1) is 11.7. The van der Waals surface area contributed by atoms with Gasteiger partial charge in [0.05, 0.1) is 0 Å². The molecule has 0 saturated carbocycles. The normalized spacial score (nSPS) is 11.8. The first-order chi connectivity index (χ1) is 6.04. The molecule has 0 aliphatic carbocycles. The molecular formula is C8H9I2O2S-. The number of alkyl halides is 1. The van der Waals surface area contributed by atoms with Crippen LogP contribution in [0.25, 0.3) is 0 Å². The fourth-order valence-corrected chi connectivity index (χ4v) is 4.59. The van der Waals surface area contributed by atoms with E-state index in [1.54, 1.807) is 12.1 Å². The molecule has 0 unspecified atom stereocenters. The molecule has 0 amide bonds. The minimum absolute atomic E-state index is 0.211. The summed E-state index contributed by atoms with van der Waals surface area (Å²) in [5.74, 6) is 0. The Morgan fingerprint density at radius 1 is 1.31 bits per heavy atom. The second-order valence-corrected chi connectivity index (χ2v) is 9.87. The van der Waals surface area contributed by atoms with Gasteiger partial charge in [0.1, 0.15) is 0 Å². The quantitative estimate of drug-likeness (QED) is 0.464. The molecule has 0 radical (unpaired) electrons. The molecule has 0 bridgehead atoms. The average Bonchev–Trinajstić information content (AvgIpc) is 2.04. The molecule has 0 atom stereocenters. The van der Waals surface area contributed by atoms with Gasteiger partial charge in [0.15, 0.2) is 0 Å². The third-order valence-electron chi connectivity index (χ3n) is 1.56. The van der Waals surface area contributed by atoms with E-state index in [4.69, 9.17) is 0 Å². The maximum atomic E-state index is 11.1. The summed E-state index contributed by atoms with van der Waals surface area (Å²) >= 11 is 2.62. The molecule has 0 aliphatic heterocycles. The van der Waals surface area contributed by atoms with E-state index < -0.39 is 9.84 Å². The third kappa shape index (κ3) is 3.70. The number of hydrogen-bond donors (Lipinski definition) is 0. The molecule has 2 nitrogen and oxygen atoms in total. The fourth-order valence-electron chi connectivity index (χ4n) is 0.884. The van der Waals surface area contributed by atoms with Crippen molar-refractivity contribution < 1.29 is 25.6 Å². The van der Waals surface area contributed by atoms with Gasteiger partial charge < -0.3 is 0 Å². The van der Waals surface area contributed by atoms with Crippen molar-refractivity contribution in [2.24, 2.45) is 0 Å². The maximum absolute atomic E-state index is 11.1. The van der Waals surface area contributed by atoms with Gasteiger partial charge in [0.2, 0.25) is 0 Å². The summed E-state index contributed by atoms with van der Waals surface area (Å²) in [4.78, 5) is 0.405. The Labute approximate surface area is 98.5 Å². The molecule has 13 heavy (non-hydrogen) atoms. The Balaban J connectivity index is 2.94. The van der Waals surface area contributed by atoms with Crippen LogP contribution in [0.1, 0.15) is 5.56 Å². The van der Waals surface area contributed by atoms with Crippen LogP contribution in [0, 0.1) is 0 Å². The molecule has 0 spiro atoms. The predicted octanol–water partition coefficient (Wildman–Crippen LogP) is -0.971. The Morgan fingerprint density at radius 3 is 2.23 bits per heavy atom. The van der Waals surface area contributed by atoms with Gasteiger partial charge in [0, 0.05) is 0 Å². The van der Waals surface area contributed by atoms with Crippen LogP contribution in [-0.2, 0) is 14.3 Å². The Hall–Kier alpha value is 0.630. The van der Waals surface area contributed by atoms with Crippen molar-refractivity contribution in [3.8, 4) is 0 Å². The van der Waals surface area contributed by atoms with E-state index in [9.17, 15) is 8.42 Å². The first-order valence-corrected chi connectivity index (χ1v) is 13.2. The Morgan fingerprint density at radius 2 is 1.85 bits per heavy atom. The minimum atomic E-state index is -3.03. The molecule has 0 aliphatic rings. The van der Waals surface area contributed by atoms with Gasteiger partial charge in [-0.2, -0.15) is 0 Å². The predicted molar refractivity (Wildman–Crippen MR) is 57.3 cm³/mol. The van der Waals surface area contributed by atoms with Gasteiger partial charge in [-0.1, -0.05) is 0 Å². The van der Waals surface area contributed by atoms with Crippen molar-refractivity contribution >= 4 is 28.5 Å². The van der Waals surface area contributed by atoms with E-state index in [1.807, 2.05) is 12.1 Å². The van der Waals surface area contributed by atoms with Crippen LogP contribution in [0.4, 0.5) is 0 Å². The summed E-state index contributed by atoms with van der Waals surface area (Å²) in [6.07, 6.45) is 1.23. The van der Waals surface area contributed by atoms with Crippen molar-refractivity contribution in [3.05, 3.63) is 29.8 Å². The second kappa shape index (κ2) is 4.92. The average molecular weight is 423 g/mol. The van der Waals surface area contributed by atoms with Crippen molar-refractivity contribution in [3.63, 3.8) is 0 Å². The molecule has 5 heteroatoms. The molecule has 74 valence electrons. The number of benzene rings is 1. The van der Waals surface area contributed by atoms with E-state index in [0.29, 0.717) is 4.90 Å². The van der Waals surface area contributed by atoms with Gasteiger partial charge in [-0.3, -0.25) is 0 Å². The third-order valence-corrected chi connectivity index (χ3v) is 5.79. The first-order valence-electron chi connectivity index (χ1n) is 3.53. The van der Waals surface area contributed by atoms with Gasteiger partial charge >= 0.3 is 99.5 Å². The molecule has 0 saturated heterocycles. The molecule has 0 fully saturated rings. The summed E-state index contributed by atoms with van der Waals surface area (Å²) < 4.78 is 23.3. The topological polar surface area (TPSA) is 34.1 Å². The van der Waals surface area contributed by atoms with Gasteiger partial charge in [0.25, 0.3) is 0 Å². The van der Waals surface area contributed by atoms with Crippen LogP contribution in [0.3, 0.4) is 0 Å². The van der Waals surface area contributed by atoms with Crippen LogP contribution in [0.5, 0.6) is 0 Å². The number of sulfone groups is 1. The molecule has 1 aromatic rings. The van der Waals surface area contributed by atoms with Crippen molar-refractivity contribution in [2.75, 3.05) is 6.26 Å². The van der Waals surface area contributed by atoms with Crippen molar-refractivity contribution in [1.29, 1.82) is 0 Å². The summed E-state index contributed by atoms with van der Waals surface area (Å²) in [6.45, 7) is 0. The van der Waals surface area contributed by atoms with Crippen molar-refractivity contribution in [2.45, 2.75) is 9.32 Å². The van der Waals surface area contributed by atoms with Gasteiger partial charge in [-0.15, -0.1) is 0 Å². The van der Waals surface area contributed by atoms with Crippen molar-refractivity contribution in [1.82, 2.24) is 0 Å². The van der Waals surface area contributed by atoms with Crippen LogP contribution < -0.4 is 17.2 Å². The van der Waals surface area contributed by atoms with Crippen LogP contribution in [0.2, 0.25) is 0 Å². The van der Waals surface area contributed by atoms with Crippen LogP contribution in [0.15, 0.2) is 29.2 Å². The summed E-state index contributed by atoms with van der Waals surface area (Å²) in [5.41, 5.74) is 1.23. The van der Waals surface area contributed by atoms with E-state index in [-0.39, 0.29) is 17.2 Å². The van der Waals surface area contributed by atoms with Crippen LogP contribution >= 0.6 is 18.6 Å². The molecule has 1 aromatic carbocycles. The molecular weight excluding hydrogens is 414 g/mol. The van der Waals surface area contributed by atoms with E-state index in [1.165, 1.54) is 11.8 Å². The standard InChI is InChI=1S/C8H9I2O2S/c1-13(11,12)8-4-2-7(3-5-8)6-10-9/h2-5H,6H2,1H3/q-1. The Kier molecular flexibility index (Phi) is 4.43. The Bertz CT molecular complexity index is 370. The van der Waals surface area contributed by atoms with Gasteiger partial charge in [-0.05, 0) is 0 Å². The van der Waals surface area contributed by atoms with Gasteiger partial charge in [-0.25, -0.2) is 0 Å². The second-order valence-electron chi connectivity index (χ2n) is 2.65. The molecule has 1 rings (SSSR count). The SMILES string of the molecule is CS(=O)(=O)c1ccc(C[I-]I)cc1. The zero-order valence-electron chi connectivity index (χ0n) is 7.00. The zero-order chi connectivity index (χ0) is 9.90. The summed E-state index contributed by atoms with van der Waals surface area (Å²) in [7, 11) is -3.03. The molecule has 0 N–H and O–H groups in total. The van der Waals surface area contributed by atoms with E-state index >= 15 is 0 Å². The molecule has 0 aromatic heterocycles. The van der Waals surface area contributed by atoms with Crippen LogP contribution in [-0.4, -0.2) is 14.7 Å². The zero-order valence-corrected chi connectivity index (χ0v) is 12.1. The summed E-state index contributed by atoms with van der Waals surface area (Å²) in [5, 5.41) is 0. The number of rotatable bonds is 3. The number of hydrogen-bond acceptors (Lipinski definition) is 2. The summed E-state index contributed by atoms with van der Waals surface area (Å²) in [6, 6.07) is 7.16. The molecule has 0 heterocycles. The number of halogens is 2. The fraction of sp³-hybridized carbons (Fsp3) is 0.250.